The Balaban J connectivity index is 0.00000364. The first-order valence-electron chi connectivity index (χ1n) is 8.72. The molecular weight excluding hydrogens is 473 g/mol. The number of hydrogen-bond donors (Lipinski definition) is 2. The van der Waals surface area contributed by atoms with Crippen LogP contribution in [0.5, 0.6) is 0 Å². The van der Waals surface area contributed by atoms with Crippen LogP contribution in [-0.4, -0.2) is 46.5 Å². The molecule has 148 valence electrons. The van der Waals surface area contributed by atoms with Gasteiger partial charge in [0.1, 0.15) is 9.84 Å². The molecule has 0 aromatic heterocycles. The Hall–Kier alpha value is -1.61. The van der Waals surface area contributed by atoms with E-state index in [2.05, 4.69) is 39.9 Å². The zero-order chi connectivity index (χ0) is 18.8. The maximum atomic E-state index is 11.2. The Morgan fingerprint density at radius 1 is 0.963 bits per heavy atom. The Bertz CT molecular complexity index is 757. The minimum absolute atomic E-state index is 0. The maximum absolute atomic E-state index is 11.2. The summed E-state index contributed by atoms with van der Waals surface area (Å²) in [4.78, 5) is 4.23. The lowest BCUT2D eigenvalue weighted by Gasteiger charge is -2.20. The third-order valence-corrected chi connectivity index (χ3v) is 5.12. The number of nitrogens with zero attached hydrogens (tertiary/aromatic N) is 1. The number of aliphatic imine (C=N–C) groups is 1. The van der Waals surface area contributed by atoms with Crippen molar-refractivity contribution < 1.29 is 8.42 Å². The first-order chi connectivity index (χ1) is 12.5. The quantitative estimate of drug-likeness (QED) is 0.253. The molecule has 0 bridgehead atoms. The zero-order valence-corrected chi connectivity index (χ0v) is 18.9. The summed E-state index contributed by atoms with van der Waals surface area (Å²) < 4.78 is 22.4. The van der Waals surface area contributed by atoms with Gasteiger partial charge in [0.2, 0.25) is 0 Å². The number of hydrogen-bond acceptors (Lipinski definition) is 3. The average Bonchev–Trinajstić information content (AvgIpc) is 2.64. The highest BCUT2D eigenvalue weighted by molar-refractivity contribution is 14.0. The summed E-state index contributed by atoms with van der Waals surface area (Å²) in [6.45, 7) is 1.26. The molecule has 7 heteroatoms. The van der Waals surface area contributed by atoms with Crippen molar-refractivity contribution in [3.8, 4) is 0 Å². The predicted molar refractivity (Wildman–Crippen MR) is 124 cm³/mol. The summed E-state index contributed by atoms with van der Waals surface area (Å²) in [5.41, 5.74) is 2.47. The van der Waals surface area contributed by atoms with Crippen LogP contribution in [0, 0.1) is 0 Å². The van der Waals surface area contributed by atoms with Gasteiger partial charge in [-0.25, -0.2) is 8.42 Å². The minimum atomic E-state index is -2.93. The van der Waals surface area contributed by atoms with Crippen LogP contribution in [0.2, 0.25) is 0 Å². The van der Waals surface area contributed by atoms with Gasteiger partial charge in [-0.2, -0.15) is 0 Å². The highest BCUT2D eigenvalue weighted by atomic mass is 127. The van der Waals surface area contributed by atoms with Crippen LogP contribution >= 0.6 is 24.0 Å². The lowest BCUT2D eigenvalue weighted by Crippen LogP contribution is -2.40. The fraction of sp³-hybridized carbons (Fsp3) is 0.350. The van der Waals surface area contributed by atoms with Crippen molar-refractivity contribution in [3.63, 3.8) is 0 Å². The monoisotopic (exact) mass is 501 g/mol. The minimum Gasteiger partial charge on any atom is -0.356 e. The highest BCUT2D eigenvalue weighted by Crippen LogP contribution is 2.23. The van der Waals surface area contributed by atoms with Gasteiger partial charge >= 0.3 is 0 Å². The van der Waals surface area contributed by atoms with Gasteiger partial charge in [-0.3, -0.25) is 4.99 Å². The first kappa shape index (κ1) is 23.4. The summed E-state index contributed by atoms with van der Waals surface area (Å²) >= 11 is 0. The molecule has 0 unspecified atom stereocenters. The molecule has 0 heterocycles. The fourth-order valence-electron chi connectivity index (χ4n) is 2.76. The molecule has 2 aromatic carbocycles. The van der Waals surface area contributed by atoms with Crippen molar-refractivity contribution in [2.24, 2.45) is 4.99 Å². The average molecular weight is 501 g/mol. The van der Waals surface area contributed by atoms with Crippen molar-refractivity contribution in [3.05, 3.63) is 71.8 Å². The zero-order valence-electron chi connectivity index (χ0n) is 15.8. The maximum Gasteiger partial charge on any atom is 0.191 e. The van der Waals surface area contributed by atoms with E-state index >= 15 is 0 Å². The van der Waals surface area contributed by atoms with Gasteiger partial charge in [-0.05, 0) is 17.5 Å². The van der Waals surface area contributed by atoms with Crippen LogP contribution in [0.3, 0.4) is 0 Å². The fourth-order valence-corrected chi connectivity index (χ4v) is 3.43. The van der Waals surface area contributed by atoms with Crippen molar-refractivity contribution in [1.29, 1.82) is 0 Å². The van der Waals surface area contributed by atoms with Crippen LogP contribution in [0.25, 0.3) is 0 Å². The van der Waals surface area contributed by atoms with E-state index in [1.54, 1.807) is 7.05 Å². The lowest BCUT2D eigenvalue weighted by atomic mass is 9.91. The molecule has 0 atom stereocenters. The normalized spacial score (nSPS) is 11.7. The molecule has 5 nitrogen and oxygen atoms in total. The number of halogens is 1. The summed E-state index contributed by atoms with van der Waals surface area (Å²) in [6.07, 6.45) is 1.81. The third-order valence-electron chi connectivity index (χ3n) is 4.09. The van der Waals surface area contributed by atoms with E-state index < -0.39 is 9.84 Å². The Morgan fingerprint density at radius 2 is 1.48 bits per heavy atom. The molecule has 0 saturated heterocycles. The van der Waals surface area contributed by atoms with Gasteiger partial charge < -0.3 is 10.6 Å². The van der Waals surface area contributed by atoms with Crippen LogP contribution in [0.15, 0.2) is 65.7 Å². The Morgan fingerprint density at radius 3 is 1.93 bits per heavy atom. The van der Waals surface area contributed by atoms with Crippen molar-refractivity contribution in [2.45, 2.75) is 12.3 Å². The van der Waals surface area contributed by atoms with Gasteiger partial charge in [-0.1, -0.05) is 60.7 Å². The largest absolute Gasteiger partial charge is 0.356 e. The van der Waals surface area contributed by atoms with Crippen LogP contribution in [0.4, 0.5) is 0 Å². The number of benzene rings is 2. The van der Waals surface area contributed by atoms with E-state index in [0.29, 0.717) is 25.5 Å². The molecular formula is C20H28IN3O2S. The van der Waals surface area contributed by atoms with Crippen molar-refractivity contribution >= 4 is 39.8 Å². The van der Waals surface area contributed by atoms with Crippen molar-refractivity contribution in [2.75, 3.05) is 32.1 Å². The van der Waals surface area contributed by atoms with Gasteiger partial charge in [0.25, 0.3) is 0 Å². The van der Waals surface area contributed by atoms with Gasteiger partial charge in [0.15, 0.2) is 5.96 Å². The molecule has 0 saturated carbocycles. The second-order valence-electron chi connectivity index (χ2n) is 6.24. The lowest BCUT2D eigenvalue weighted by molar-refractivity contribution is 0.598. The summed E-state index contributed by atoms with van der Waals surface area (Å²) in [7, 11) is -1.21. The molecule has 0 amide bonds. The van der Waals surface area contributed by atoms with Gasteiger partial charge in [0.05, 0.1) is 5.75 Å². The molecule has 0 aliphatic rings. The van der Waals surface area contributed by atoms with Crippen molar-refractivity contribution in [1.82, 2.24) is 10.6 Å². The summed E-state index contributed by atoms with van der Waals surface area (Å²) in [5, 5.41) is 6.53. The number of guanidine groups is 1. The molecule has 2 N–H and O–H groups in total. The molecule has 0 spiro atoms. The standard InChI is InChI=1S/C20H27N3O2S.HI/c1-21-20(22-14-9-15-26(2,24)25)23-16-19(17-10-5-3-6-11-17)18-12-7-4-8-13-18;/h3-8,10-13,19H,9,14-16H2,1-2H3,(H2,21,22,23);1H. The smallest absolute Gasteiger partial charge is 0.191 e. The second-order valence-corrected chi connectivity index (χ2v) is 8.50. The summed E-state index contributed by atoms with van der Waals surface area (Å²) in [6, 6.07) is 20.7. The van der Waals surface area contributed by atoms with E-state index in [9.17, 15) is 8.42 Å². The Labute approximate surface area is 179 Å². The highest BCUT2D eigenvalue weighted by Gasteiger charge is 2.14. The van der Waals surface area contributed by atoms with E-state index in [4.69, 9.17) is 0 Å². The molecule has 2 rings (SSSR count). The Kier molecular flexibility index (Phi) is 10.4. The van der Waals surface area contributed by atoms with E-state index in [0.717, 1.165) is 0 Å². The first-order valence-corrected chi connectivity index (χ1v) is 10.8. The molecule has 27 heavy (non-hydrogen) atoms. The third kappa shape index (κ3) is 8.75. The molecule has 2 aromatic rings. The molecule has 0 radical (unpaired) electrons. The van der Waals surface area contributed by atoms with Gasteiger partial charge in [0, 0.05) is 32.3 Å². The predicted octanol–water partition coefficient (Wildman–Crippen LogP) is 3.04. The van der Waals surface area contributed by atoms with Crippen LogP contribution < -0.4 is 10.6 Å². The van der Waals surface area contributed by atoms with Gasteiger partial charge in [-0.15, -0.1) is 24.0 Å². The number of sulfone groups is 1. The van der Waals surface area contributed by atoms with Crippen LogP contribution in [-0.2, 0) is 9.84 Å². The molecule has 0 fully saturated rings. The topological polar surface area (TPSA) is 70.6 Å². The van der Waals surface area contributed by atoms with Crippen LogP contribution in [0.1, 0.15) is 23.5 Å². The molecule has 0 aliphatic heterocycles. The SMILES string of the molecule is CN=C(NCCCS(C)(=O)=O)NCC(c1ccccc1)c1ccccc1.I. The van der Waals surface area contributed by atoms with E-state index in [1.165, 1.54) is 17.4 Å². The van der Waals surface area contributed by atoms with E-state index in [1.807, 2.05) is 36.4 Å². The van der Waals surface area contributed by atoms with E-state index in [-0.39, 0.29) is 35.6 Å². The number of rotatable bonds is 8. The second kappa shape index (κ2) is 12.0. The molecule has 0 aliphatic carbocycles. The summed E-state index contributed by atoms with van der Waals surface area (Å²) in [5.74, 6) is 1.05. The number of nitrogens with one attached hydrogen (secondary N) is 2.